The van der Waals surface area contributed by atoms with E-state index in [1.54, 1.807) is 4.90 Å². The molecule has 3 heterocycles. The van der Waals surface area contributed by atoms with E-state index in [0.29, 0.717) is 12.2 Å². The first kappa shape index (κ1) is 33.3. The number of halogens is 1. The number of carbonyl (C=O) groups excluding carboxylic acids is 1. The van der Waals surface area contributed by atoms with Crippen LogP contribution in [0.4, 0.5) is 15.0 Å². The van der Waals surface area contributed by atoms with Crippen molar-refractivity contribution in [3.05, 3.63) is 35.9 Å². The normalized spacial score (nSPS) is 17.7. The van der Waals surface area contributed by atoms with Gasteiger partial charge in [0.2, 0.25) is 0 Å². The van der Waals surface area contributed by atoms with Crippen LogP contribution in [0.1, 0.15) is 64.7 Å². The van der Waals surface area contributed by atoms with E-state index in [1.807, 2.05) is 27.7 Å². The van der Waals surface area contributed by atoms with E-state index >= 15 is 0 Å². The molecule has 2 N–H and O–H groups in total. The number of ether oxygens (including phenoxy) is 1. The van der Waals surface area contributed by atoms with Crippen LogP contribution >= 0.6 is 0 Å². The average molecular weight is 616 g/mol. The van der Waals surface area contributed by atoms with Crippen molar-refractivity contribution < 1.29 is 28.9 Å². The summed E-state index contributed by atoms with van der Waals surface area (Å²) in [6, 6.07) is 3.80. The molecule has 12 nitrogen and oxygen atoms in total. The molecule has 2 fully saturated rings. The molecule has 2 aliphatic heterocycles. The number of benzene rings is 1. The molecule has 4 rings (SSSR count). The molecule has 242 valence electrons. The van der Waals surface area contributed by atoms with Gasteiger partial charge in [0.05, 0.1) is 11.7 Å². The Morgan fingerprint density at radius 3 is 2.41 bits per heavy atom. The van der Waals surface area contributed by atoms with Crippen molar-refractivity contribution >= 4 is 17.8 Å². The lowest BCUT2D eigenvalue weighted by atomic mass is 9.76. The summed E-state index contributed by atoms with van der Waals surface area (Å²) in [5.74, 6) is 0.250. The highest BCUT2D eigenvalue weighted by atomic mass is 19.1. The average Bonchev–Trinajstić information content (AvgIpc) is 3.37. The maximum Gasteiger partial charge on any atom is 0.407 e. The van der Waals surface area contributed by atoms with Crippen LogP contribution in [0.25, 0.3) is 0 Å². The molecule has 2 amide bonds. The van der Waals surface area contributed by atoms with E-state index in [0.717, 1.165) is 37.5 Å². The van der Waals surface area contributed by atoms with E-state index < -0.39 is 18.0 Å². The van der Waals surface area contributed by atoms with E-state index in [1.165, 1.54) is 31.6 Å². The van der Waals surface area contributed by atoms with Crippen LogP contribution in [0.15, 0.2) is 24.5 Å². The van der Waals surface area contributed by atoms with Crippen molar-refractivity contribution in [1.82, 2.24) is 29.9 Å². The number of anilines is 1. The molecule has 1 aromatic heterocycles. The minimum absolute atomic E-state index is 0.0319. The fourth-order valence-electron chi connectivity index (χ4n) is 6.62. The first-order valence-electron chi connectivity index (χ1n) is 15.3. The minimum atomic E-state index is -1.06. The summed E-state index contributed by atoms with van der Waals surface area (Å²) < 4.78 is 20.5. The van der Waals surface area contributed by atoms with Crippen LogP contribution in [0, 0.1) is 17.2 Å². The van der Waals surface area contributed by atoms with Gasteiger partial charge in [-0.15, -0.1) is 10.2 Å². The van der Waals surface area contributed by atoms with Gasteiger partial charge in [-0.2, -0.15) is 0 Å². The summed E-state index contributed by atoms with van der Waals surface area (Å²) in [6.45, 7) is 15.1. The second-order valence-corrected chi connectivity index (χ2v) is 13.2. The molecule has 1 aromatic carbocycles. The highest BCUT2D eigenvalue weighted by Crippen LogP contribution is 2.44. The van der Waals surface area contributed by atoms with Gasteiger partial charge in [-0.25, -0.2) is 14.2 Å². The molecular weight excluding hydrogens is 569 g/mol. The smallest absolute Gasteiger partial charge is 0.407 e. The lowest BCUT2D eigenvalue weighted by molar-refractivity contribution is -0.0477. The monoisotopic (exact) mass is 615 g/mol. The van der Waals surface area contributed by atoms with Gasteiger partial charge >= 0.3 is 6.09 Å². The second kappa shape index (κ2) is 13.6. The number of carboxylic acid groups (broad SMARTS) is 1. The summed E-state index contributed by atoms with van der Waals surface area (Å²) in [6.07, 6.45) is 0.980. The number of rotatable bonds is 12. The van der Waals surface area contributed by atoms with Crippen LogP contribution < -0.4 is 9.64 Å². The Balaban J connectivity index is 1.47. The summed E-state index contributed by atoms with van der Waals surface area (Å²) in [5, 5.41) is 27.9. The quantitative estimate of drug-likeness (QED) is 0.361. The number of likely N-dealkylation sites (N-methyl/N-ethyl adjacent to an activating group) is 1. The number of hydrogen-bond acceptors (Lipinski definition) is 9. The highest BCUT2D eigenvalue weighted by Gasteiger charge is 2.50. The fraction of sp³-hybridized carbons (Fsp3) is 0.645. The Kier molecular flexibility index (Phi) is 10.3. The molecule has 2 aliphatic rings. The van der Waals surface area contributed by atoms with Crippen LogP contribution in [-0.2, 0) is 0 Å². The molecule has 1 spiro atoms. The topological polar surface area (TPSA) is 135 Å². The molecular formula is C31H46FN7O5. The molecule has 0 aliphatic carbocycles. The Labute approximate surface area is 258 Å². The number of hydrogen-bond donors (Lipinski definition) is 2. The Bertz CT molecular complexity index is 1310. The lowest BCUT2D eigenvalue weighted by Crippen LogP contribution is -2.62. The van der Waals surface area contributed by atoms with Crippen molar-refractivity contribution in [1.29, 1.82) is 0 Å². The van der Waals surface area contributed by atoms with Crippen LogP contribution in [0.3, 0.4) is 0 Å². The van der Waals surface area contributed by atoms with Gasteiger partial charge in [0.15, 0.2) is 5.82 Å². The van der Waals surface area contributed by atoms with Gasteiger partial charge in [-0.05, 0) is 64.7 Å². The SMILES string of the molecule is CC(C)C(CC(O)CN(C)C(=O)O)N1CC2(CCN(c3ncnnc3Oc3ccc(F)cc3C(=O)N(C(C)C)C(C)C)C2)C1. The van der Waals surface area contributed by atoms with Crippen molar-refractivity contribution in [3.63, 3.8) is 0 Å². The second-order valence-electron chi connectivity index (χ2n) is 13.2. The van der Waals surface area contributed by atoms with Crippen LogP contribution in [0.2, 0.25) is 0 Å². The molecule has 2 atom stereocenters. The maximum absolute atomic E-state index is 14.3. The van der Waals surface area contributed by atoms with Gasteiger partial charge in [0, 0.05) is 63.3 Å². The van der Waals surface area contributed by atoms with Gasteiger partial charge in [0.25, 0.3) is 11.8 Å². The number of nitrogens with zero attached hydrogens (tertiary/aromatic N) is 7. The van der Waals surface area contributed by atoms with Gasteiger partial charge < -0.3 is 29.6 Å². The molecule has 2 saturated heterocycles. The number of aromatic nitrogens is 3. The van der Waals surface area contributed by atoms with E-state index in [2.05, 4.69) is 38.8 Å². The zero-order valence-corrected chi connectivity index (χ0v) is 26.8. The fourth-order valence-corrected chi connectivity index (χ4v) is 6.62. The first-order chi connectivity index (χ1) is 20.7. The zero-order chi connectivity index (χ0) is 32.3. The Morgan fingerprint density at radius 2 is 1.80 bits per heavy atom. The van der Waals surface area contributed by atoms with Gasteiger partial charge in [-0.1, -0.05) is 13.8 Å². The third-order valence-electron chi connectivity index (χ3n) is 8.68. The predicted molar refractivity (Wildman–Crippen MR) is 163 cm³/mol. The summed E-state index contributed by atoms with van der Waals surface area (Å²) in [4.78, 5) is 36.5. The summed E-state index contributed by atoms with van der Waals surface area (Å²) in [7, 11) is 1.46. The third kappa shape index (κ3) is 7.37. The molecule has 13 heteroatoms. The van der Waals surface area contributed by atoms with E-state index in [-0.39, 0.29) is 59.1 Å². The highest BCUT2D eigenvalue weighted by molar-refractivity contribution is 5.97. The lowest BCUT2D eigenvalue weighted by Gasteiger charge is -2.53. The zero-order valence-electron chi connectivity index (χ0n) is 26.8. The Hall–Kier alpha value is -3.58. The third-order valence-corrected chi connectivity index (χ3v) is 8.68. The number of aliphatic hydroxyl groups is 1. The molecule has 0 bridgehead atoms. The van der Waals surface area contributed by atoms with Crippen molar-refractivity contribution in [2.45, 2.75) is 78.6 Å². The number of amides is 2. The molecule has 0 saturated carbocycles. The maximum atomic E-state index is 14.3. The largest absolute Gasteiger partial charge is 0.465 e. The summed E-state index contributed by atoms with van der Waals surface area (Å²) >= 11 is 0. The number of likely N-dealkylation sites (tertiary alicyclic amines) is 1. The van der Waals surface area contributed by atoms with Crippen LogP contribution in [0.5, 0.6) is 11.6 Å². The van der Waals surface area contributed by atoms with Gasteiger partial charge in [0.1, 0.15) is 17.9 Å². The van der Waals surface area contributed by atoms with Crippen molar-refractivity contribution in [2.75, 3.05) is 44.7 Å². The molecule has 2 unspecified atom stereocenters. The Morgan fingerprint density at radius 1 is 1.11 bits per heavy atom. The summed E-state index contributed by atoms with van der Waals surface area (Å²) in [5.41, 5.74) is 0.137. The van der Waals surface area contributed by atoms with Crippen molar-refractivity contribution in [2.24, 2.45) is 11.3 Å². The predicted octanol–water partition coefficient (Wildman–Crippen LogP) is 3.96. The van der Waals surface area contributed by atoms with Crippen LogP contribution in [-0.4, -0.2) is 116 Å². The number of aliphatic hydroxyl groups excluding tert-OH is 1. The van der Waals surface area contributed by atoms with Crippen molar-refractivity contribution in [3.8, 4) is 11.6 Å². The number of carbonyl (C=O) groups is 2. The molecule has 0 radical (unpaired) electrons. The first-order valence-corrected chi connectivity index (χ1v) is 15.3. The van der Waals surface area contributed by atoms with E-state index in [9.17, 15) is 19.1 Å². The molecule has 44 heavy (non-hydrogen) atoms. The standard InChI is InChI=1S/C31H46FN7O5/c1-19(2)25(13-23(40)14-36(7)30(42)43)38-16-31(17-38)10-11-37(15-31)27-28(35-34-18-33-27)44-26-9-8-22(32)12-24(26)29(41)39(20(3)4)21(5)6/h8-9,12,18-21,23,25,40H,10-11,13-17H2,1-7H3,(H,42,43). The molecule has 2 aromatic rings. The minimum Gasteiger partial charge on any atom is -0.465 e. The van der Waals surface area contributed by atoms with Gasteiger partial charge in [-0.3, -0.25) is 9.69 Å². The van der Waals surface area contributed by atoms with E-state index in [4.69, 9.17) is 9.84 Å².